The van der Waals surface area contributed by atoms with Crippen LogP contribution in [-0.2, 0) is 0 Å². The zero-order chi connectivity index (χ0) is 13.8. The molecule has 0 aromatic carbocycles. The van der Waals surface area contributed by atoms with Crippen LogP contribution in [0.1, 0.15) is 43.6 Å². The van der Waals surface area contributed by atoms with Gasteiger partial charge in [0.15, 0.2) is 0 Å². The van der Waals surface area contributed by atoms with E-state index in [1.54, 1.807) is 18.2 Å². The Morgan fingerprint density at radius 3 is 2.84 bits per heavy atom. The second kappa shape index (κ2) is 6.04. The third-order valence-electron chi connectivity index (χ3n) is 3.99. The maximum absolute atomic E-state index is 12.4. The highest BCUT2D eigenvalue weighted by Gasteiger charge is 2.23. The molecule has 1 aromatic heterocycles. The van der Waals surface area contributed by atoms with Gasteiger partial charge in [0.05, 0.1) is 0 Å². The number of amides is 1. The third-order valence-corrected chi connectivity index (χ3v) is 3.99. The number of nitrogen functional groups attached to an aromatic ring is 1. The zero-order valence-electron chi connectivity index (χ0n) is 11.8. The Bertz CT molecular complexity index is 445. The molecule has 1 aliphatic heterocycles. The largest absolute Gasteiger partial charge is 0.384 e. The van der Waals surface area contributed by atoms with Gasteiger partial charge in [-0.1, -0.05) is 19.9 Å². The third kappa shape index (κ3) is 3.46. The lowest BCUT2D eigenvalue weighted by molar-refractivity contribution is 0.0753. The number of aromatic nitrogens is 1. The summed E-state index contributed by atoms with van der Waals surface area (Å²) < 4.78 is 0. The summed E-state index contributed by atoms with van der Waals surface area (Å²) in [7, 11) is 0. The van der Waals surface area contributed by atoms with E-state index < -0.39 is 0 Å². The minimum absolute atomic E-state index is 0.0108. The molecule has 1 atom stereocenters. The number of carbonyl (C=O) groups excluding carboxylic acids is 1. The minimum Gasteiger partial charge on any atom is -0.384 e. The number of hydrogen-bond acceptors (Lipinski definition) is 3. The second-order valence-corrected chi connectivity index (χ2v) is 5.67. The number of carbonyl (C=O) groups is 1. The highest BCUT2D eigenvalue weighted by molar-refractivity contribution is 5.92. The van der Waals surface area contributed by atoms with Gasteiger partial charge >= 0.3 is 0 Å². The fourth-order valence-electron chi connectivity index (χ4n) is 2.72. The summed E-state index contributed by atoms with van der Waals surface area (Å²) in [5.74, 6) is 1.84. The Morgan fingerprint density at radius 1 is 1.37 bits per heavy atom. The molecule has 2 N–H and O–H groups in total. The summed E-state index contributed by atoms with van der Waals surface area (Å²) in [4.78, 5) is 18.4. The Labute approximate surface area is 115 Å². The van der Waals surface area contributed by atoms with Crippen molar-refractivity contribution in [2.75, 3.05) is 18.8 Å². The van der Waals surface area contributed by atoms with E-state index >= 15 is 0 Å². The van der Waals surface area contributed by atoms with Crippen LogP contribution in [0.4, 0.5) is 5.82 Å². The van der Waals surface area contributed by atoms with Gasteiger partial charge in [-0.2, -0.15) is 0 Å². The summed E-state index contributed by atoms with van der Waals surface area (Å²) in [5, 5.41) is 0. The van der Waals surface area contributed by atoms with Crippen molar-refractivity contribution in [3.63, 3.8) is 0 Å². The number of nitrogens with two attached hydrogens (primary N) is 1. The molecule has 4 heteroatoms. The quantitative estimate of drug-likeness (QED) is 0.890. The molecule has 0 saturated carbocycles. The van der Waals surface area contributed by atoms with Gasteiger partial charge in [0.2, 0.25) is 0 Å². The smallest absolute Gasteiger partial charge is 0.272 e. The highest BCUT2D eigenvalue weighted by atomic mass is 16.2. The molecule has 0 bridgehead atoms. The molecular weight excluding hydrogens is 238 g/mol. The summed E-state index contributed by atoms with van der Waals surface area (Å²) in [6.07, 6.45) is 3.38. The van der Waals surface area contributed by atoms with Crippen molar-refractivity contribution >= 4 is 11.7 Å². The van der Waals surface area contributed by atoms with Gasteiger partial charge < -0.3 is 10.6 Å². The molecule has 0 spiro atoms. The minimum atomic E-state index is 0.0108. The first-order valence-electron chi connectivity index (χ1n) is 7.09. The molecule has 1 aromatic rings. The summed E-state index contributed by atoms with van der Waals surface area (Å²) in [6.45, 7) is 6.19. The lowest BCUT2D eigenvalue weighted by atomic mass is 9.89. The molecule has 2 rings (SSSR count). The lowest BCUT2D eigenvalue weighted by Crippen LogP contribution is -2.32. The fraction of sp³-hybridized carbons (Fsp3) is 0.600. The molecule has 1 saturated heterocycles. The van der Waals surface area contributed by atoms with E-state index in [1.165, 1.54) is 6.42 Å². The zero-order valence-corrected chi connectivity index (χ0v) is 11.8. The van der Waals surface area contributed by atoms with Crippen molar-refractivity contribution in [1.82, 2.24) is 9.88 Å². The van der Waals surface area contributed by atoms with Crippen LogP contribution >= 0.6 is 0 Å². The molecule has 1 fully saturated rings. The molecule has 0 aliphatic carbocycles. The first kappa shape index (κ1) is 13.8. The first-order valence-corrected chi connectivity index (χ1v) is 7.09. The standard InChI is InChI=1S/C15H23N3O/c1-11(2)12-5-4-9-18(10-8-12)15(19)13-6-3-7-14(16)17-13/h3,6-7,11-12H,4-5,8-10H2,1-2H3,(H2,16,17). The summed E-state index contributed by atoms with van der Waals surface area (Å²) >= 11 is 0. The maximum Gasteiger partial charge on any atom is 0.272 e. The molecule has 1 amide bonds. The molecule has 19 heavy (non-hydrogen) atoms. The van der Waals surface area contributed by atoms with Crippen molar-refractivity contribution in [3.8, 4) is 0 Å². The average Bonchev–Trinajstić information content (AvgIpc) is 2.63. The number of nitrogens with zero attached hydrogens (tertiary/aromatic N) is 2. The topological polar surface area (TPSA) is 59.2 Å². The fourth-order valence-corrected chi connectivity index (χ4v) is 2.72. The molecule has 1 unspecified atom stereocenters. The SMILES string of the molecule is CC(C)C1CCCN(C(=O)c2cccc(N)n2)CC1. The van der Waals surface area contributed by atoms with Gasteiger partial charge in [0.1, 0.15) is 11.5 Å². The molecule has 2 heterocycles. The molecule has 1 aliphatic rings. The molecular formula is C15H23N3O. The van der Waals surface area contributed by atoms with Crippen molar-refractivity contribution in [2.45, 2.75) is 33.1 Å². The van der Waals surface area contributed by atoms with Crippen LogP contribution in [0, 0.1) is 11.8 Å². The van der Waals surface area contributed by atoms with Crippen molar-refractivity contribution in [1.29, 1.82) is 0 Å². The van der Waals surface area contributed by atoms with Crippen LogP contribution in [-0.4, -0.2) is 28.9 Å². The van der Waals surface area contributed by atoms with Crippen LogP contribution in [0.15, 0.2) is 18.2 Å². The van der Waals surface area contributed by atoms with E-state index in [2.05, 4.69) is 18.8 Å². The maximum atomic E-state index is 12.4. The van der Waals surface area contributed by atoms with Gasteiger partial charge in [-0.3, -0.25) is 4.79 Å². The Balaban J connectivity index is 2.04. The van der Waals surface area contributed by atoms with Crippen LogP contribution in [0.2, 0.25) is 0 Å². The van der Waals surface area contributed by atoms with Crippen molar-refractivity contribution < 1.29 is 4.79 Å². The number of likely N-dealkylation sites (tertiary alicyclic amines) is 1. The summed E-state index contributed by atoms with van der Waals surface area (Å²) in [6, 6.07) is 5.22. The van der Waals surface area contributed by atoms with E-state index in [4.69, 9.17) is 5.73 Å². The van der Waals surface area contributed by atoms with Crippen LogP contribution < -0.4 is 5.73 Å². The Morgan fingerprint density at radius 2 is 2.16 bits per heavy atom. The molecule has 104 valence electrons. The number of anilines is 1. The van der Waals surface area contributed by atoms with Crippen molar-refractivity contribution in [3.05, 3.63) is 23.9 Å². The monoisotopic (exact) mass is 261 g/mol. The van der Waals surface area contributed by atoms with Crippen LogP contribution in [0.25, 0.3) is 0 Å². The predicted octanol–water partition coefficient (Wildman–Crippen LogP) is 2.56. The average molecular weight is 261 g/mol. The Hall–Kier alpha value is -1.58. The van der Waals surface area contributed by atoms with Crippen molar-refractivity contribution in [2.24, 2.45) is 11.8 Å². The highest BCUT2D eigenvalue weighted by Crippen LogP contribution is 2.25. The van der Waals surface area contributed by atoms with E-state index in [1.807, 2.05) is 4.90 Å². The van der Waals surface area contributed by atoms with Crippen LogP contribution in [0.5, 0.6) is 0 Å². The van der Waals surface area contributed by atoms with Crippen LogP contribution in [0.3, 0.4) is 0 Å². The number of rotatable bonds is 2. The van der Waals surface area contributed by atoms with E-state index in [-0.39, 0.29) is 5.91 Å². The van der Waals surface area contributed by atoms with E-state index in [0.717, 1.165) is 31.8 Å². The van der Waals surface area contributed by atoms with Gasteiger partial charge in [-0.15, -0.1) is 0 Å². The van der Waals surface area contributed by atoms with E-state index in [9.17, 15) is 4.79 Å². The van der Waals surface area contributed by atoms with Gasteiger partial charge in [0.25, 0.3) is 5.91 Å². The summed E-state index contributed by atoms with van der Waals surface area (Å²) in [5.41, 5.74) is 6.10. The lowest BCUT2D eigenvalue weighted by Gasteiger charge is -2.21. The molecule has 4 nitrogen and oxygen atoms in total. The first-order chi connectivity index (χ1) is 9.08. The van der Waals surface area contributed by atoms with Gasteiger partial charge in [-0.25, -0.2) is 4.98 Å². The van der Waals surface area contributed by atoms with E-state index in [0.29, 0.717) is 17.4 Å². The molecule has 0 radical (unpaired) electrons. The van der Waals surface area contributed by atoms with Gasteiger partial charge in [0, 0.05) is 13.1 Å². The number of pyridine rings is 1. The Kier molecular flexibility index (Phi) is 4.40. The predicted molar refractivity (Wildman–Crippen MR) is 76.7 cm³/mol. The second-order valence-electron chi connectivity index (χ2n) is 5.67. The van der Waals surface area contributed by atoms with Gasteiger partial charge in [-0.05, 0) is 43.2 Å². The number of hydrogen-bond donors (Lipinski definition) is 1. The normalized spacial score (nSPS) is 20.4.